The Morgan fingerprint density at radius 2 is 1.46 bits per heavy atom. The molecular weight excluding hydrogens is 427 g/mol. The molecule has 0 aliphatic carbocycles. The van der Waals surface area contributed by atoms with E-state index in [1.54, 1.807) is 7.05 Å². The molecule has 2 aromatic rings. The van der Waals surface area contributed by atoms with Crippen molar-refractivity contribution in [3.63, 3.8) is 0 Å². The zero-order chi connectivity index (χ0) is 21.2. The van der Waals surface area contributed by atoms with Gasteiger partial charge >= 0.3 is 0 Å². The molecule has 0 aromatic heterocycles. The molecule has 0 unspecified atom stereocenters. The smallest absolute Gasteiger partial charge is 0.272 e. The van der Waals surface area contributed by atoms with Gasteiger partial charge in [0.05, 0.1) is 29.1 Å². The first-order valence-electron chi connectivity index (χ1n) is 7.89. The second-order valence-corrected chi connectivity index (χ2v) is 8.55. The first-order valence-corrected chi connectivity index (χ1v) is 10.5. The molecule has 150 valence electrons. The largest absolute Gasteiger partial charge is 0.494 e. The molecule has 0 bridgehead atoms. The lowest BCUT2D eigenvalue weighted by Crippen LogP contribution is -2.36. The maximum atomic E-state index is 12.9. The van der Waals surface area contributed by atoms with Crippen LogP contribution >= 0.6 is 23.2 Å². The Kier molecular flexibility index (Phi) is 6.59. The maximum Gasteiger partial charge on any atom is 0.272 e. The Labute approximate surface area is 173 Å². The van der Waals surface area contributed by atoms with Crippen molar-refractivity contribution >= 4 is 56.4 Å². The fraction of sp³-hybridized carbons (Fsp3) is 0.222. The molecule has 7 nitrogen and oxygen atoms in total. The van der Waals surface area contributed by atoms with Gasteiger partial charge in [-0.25, -0.2) is 12.7 Å². The van der Waals surface area contributed by atoms with E-state index in [1.807, 2.05) is 0 Å². The average molecular weight is 445 g/mol. The number of anilines is 2. The predicted octanol–water partition coefficient (Wildman–Crippen LogP) is 3.59. The summed E-state index contributed by atoms with van der Waals surface area (Å²) in [5, 5.41) is 0.149. The minimum Gasteiger partial charge on any atom is -0.494 e. The molecule has 28 heavy (non-hydrogen) atoms. The quantitative estimate of drug-likeness (QED) is 0.703. The van der Waals surface area contributed by atoms with Crippen molar-refractivity contribution in [2.75, 3.05) is 29.6 Å². The van der Waals surface area contributed by atoms with Gasteiger partial charge in [-0.3, -0.25) is 9.59 Å². The molecule has 0 heterocycles. The van der Waals surface area contributed by atoms with Gasteiger partial charge in [0.2, 0.25) is 15.9 Å². The molecule has 0 saturated heterocycles. The maximum absolute atomic E-state index is 12.9. The molecular formula is C18H18Cl2N2O5S. The number of carbonyl (C=O) groups is 2. The lowest BCUT2D eigenvalue weighted by atomic mass is 10.2. The number of benzene rings is 2. The number of rotatable bonds is 5. The number of carbonyl (C=O) groups excluding carboxylic acids is 2. The summed E-state index contributed by atoms with van der Waals surface area (Å²) in [7, 11) is -1.02. The summed E-state index contributed by atoms with van der Waals surface area (Å²) in [6, 6.07) is 8.50. The van der Waals surface area contributed by atoms with Crippen molar-refractivity contribution in [2.45, 2.75) is 6.92 Å². The highest BCUT2D eigenvalue weighted by atomic mass is 35.5. The number of hydrogen-bond acceptors (Lipinski definition) is 5. The second kappa shape index (κ2) is 8.38. The summed E-state index contributed by atoms with van der Waals surface area (Å²) >= 11 is 12.1. The van der Waals surface area contributed by atoms with Gasteiger partial charge in [-0.05, 0) is 36.4 Å². The summed E-state index contributed by atoms with van der Waals surface area (Å²) < 4.78 is 30.3. The Hall–Kier alpha value is -2.29. The van der Waals surface area contributed by atoms with Crippen molar-refractivity contribution in [1.82, 2.24) is 0 Å². The third-order valence-corrected chi connectivity index (χ3v) is 5.51. The van der Waals surface area contributed by atoms with Crippen molar-refractivity contribution in [1.29, 1.82) is 0 Å². The van der Waals surface area contributed by atoms with E-state index in [1.165, 1.54) is 55.3 Å². The van der Waals surface area contributed by atoms with E-state index in [0.717, 1.165) is 6.26 Å². The fourth-order valence-corrected chi connectivity index (χ4v) is 4.00. The Morgan fingerprint density at radius 3 is 1.86 bits per heavy atom. The van der Waals surface area contributed by atoms with Crippen LogP contribution < -0.4 is 13.9 Å². The van der Waals surface area contributed by atoms with Crippen LogP contribution in [0.2, 0.25) is 10.0 Å². The van der Waals surface area contributed by atoms with Crippen LogP contribution in [0.25, 0.3) is 0 Å². The van der Waals surface area contributed by atoms with Crippen LogP contribution in [-0.2, 0) is 14.8 Å². The minimum atomic E-state index is -3.97. The third kappa shape index (κ3) is 4.57. The lowest BCUT2D eigenvalue weighted by molar-refractivity contribution is -0.116. The van der Waals surface area contributed by atoms with E-state index in [4.69, 9.17) is 27.9 Å². The van der Waals surface area contributed by atoms with Crippen LogP contribution in [0.5, 0.6) is 5.75 Å². The molecule has 0 radical (unpaired) electrons. The highest BCUT2D eigenvalue weighted by molar-refractivity contribution is 7.92. The molecule has 0 N–H and O–H groups in total. The number of amides is 2. The van der Waals surface area contributed by atoms with E-state index >= 15 is 0 Å². The van der Waals surface area contributed by atoms with E-state index in [2.05, 4.69) is 0 Å². The molecule has 0 spiro atoms. The standard InChI is InChI=1S/C18H18Cl2N2O5S/c1-11(23)21(2)13-5-7-14(8-6-13)22(28(4,25)26)18(24)12-9-15(19)17(27-3)16(20)10-12/h5-10H,1-4H3. The van der Waals surface area contributed by atoms with Gasteiger partial charge in [0, 0.05) is 25.2 Å². The normalized spacial score (nSPS) is 11.1. The molecule has 2 aromatic carbocycles. The average Bonchev–Trinajstić information content (AvgIpc) is 2.60. The number of methoxy groups -OCH3 is 1. The van der Waals surface area contributed by atoms with Crippen LogP contribution in [0.4, 0.5) is 11.4 Å². The van der Waals surface area contributed by atoms with Crippen LogP contribution in [0.15, 0.2) is 36.4 Å². The minimum absolute atomic E-state index is 0.0221. The van der Waals surface area contributed by atoms with Gasteiger partial charge in [-0.1, -0.05) is 23.2 Å². The number of nitrogens with zero attached hydrogens (tertiary/aromatic N) is 2. The molecule has 0 aliphatic heterocycles. The monoisotopic (exact) mass is 444 g/mol. The van der Waals surface area contributed by atoms with Gasteiger partial charge in [0.25, 0.3) is 5.91 Å². The van der Waals surface area contributed by atoms with Crippen molar-refractivity contribution < 1.29 is 22.7 Å². The van der Waals surface area contributed by atoms with E-state index in [9.17, 15) is 18.0 Å². The van der Waals surface area contributed by atoms with Gasteiger partial charge in [0.15, 0.2) is 5.75 Å². The highest BCUT2D eigenvalue weighted by Gasteiger charge is 2.28. The van der Waals surface area contributed by atoms with Crippen molar-refractivity contribution in [3.05, 3.63) is 52.0 Å². The van der Waals surface area contributed by atoms with Crippen LogP contribution in [0.3, 0.4) is 0 Å². The second-order valence-electron chi connectivity index (χ2n) is 5.90. The van der Waals surface area contributed by atoms with Crippen LogP contribution in [0, 0.1) is 0 Å². The Bertz CT molecular complexity index is 1000. The van der Waals surface area contributed by atoms with Gasteiger partial charge in [-0.2, -0.15) is 0 Å². The zero-order valence-corrected chi connectivity index (χ0v) is 17.9. The van der Waals surface area contributed by atoms with Gasteiger partial charge in [0.1, 0.15) is 0 Å². The molecule has 10 heteroatoms. The summed E-state index contributed by atoms with van der Waals surface area (Å²) in [6.45, 7) is 1.40. The number of ether oxygens (including phenoxy) is 1. The third-order valence-electron chi connectivity index (χ3n) is 3.91. The summed E-state index contributed by atoms with van der Waals surface area (Å²) in [5.74, 6) is -0.838. The van der Waals surface area contributed by atoms with Gasteiger partial charge < -0.3 is 9.64 Å². The first-order chi connectivity index (χ1) is 13.0. The van der Waals surface area contributed by atoms with E-state index in [-0.39, 0.29) is 33.0 Å². The highest BCUT2D eigenvalue weighted by Crippen LogP contribution is 2.35. The van der Waals surface area contributed by atoms with Crippen LogP contribution in [-0.4, -0.2) is 40.6 Å². The summed E-state index contributed by atoms with van der Waals surface area (Å²) in [5.41, 5.74) is 0.634. The van der Waals surface area contributed by atoms with Crippen molar-refractivity contribution in [3.8, 4) is 5.75 Å². The predicted molar refractivity (Wildman–Crippen MR) is 110 cm³/mol. The van der Waals surface area contributed by atoms with E-state index in [0.29, 0.717) is 9.99 Å². The van der Waals surface area contributed by atoms with Crippen molar-refractivity contribution in [2.24, 2.45) is 0 Å². The summed E-state index contributed by atoms with van der Waals surface area (Å²) in [6.07, 6.45) is 0.910. The number of sulfonamides is 1. The molecule has 2 rings (SSSR count). The lowest BCUT2D eigenvalue weighted by Gasteiger charge is -2.22. The molecule has 0 atom stereocenters. The molecule has 0 fully saturated rings. The summed E-state index contributed by atoms with van der Waals surface area (Å²) in [4.78, 5) is 25.8. The van der Waals surface area contributed by atoms with E-state index < -0.39 is 15.9 Å². The topological polar surface area (TPSA) is 84.0 Å². The number of halogens is 2. The molecule has 2 amide bonds. The Balaban J connectivity index is 2.51. The number of hydrogen-bond donors (Lipinski definition) is 0. The Morgan fingerprint density at radius 1 is 1.00 bits per heavy atom. The van der Waals surface area contributed by atoms with Crippen LogP contribution in [0.1, 0.15) is 17.3 Å². The first kappa shape index (κ1) is 22.0. The SMILES string of the molecule is COc1c(Cl)cc(C(=O)N(c2ccc(N(C)C(C)=O)cc2)S(C)(=O)=O)cc1Cl. The molecule has 0 aliphatic rings. The fourth-order valence-electron chi connectivity index (χ4n) is 2.45. The molecule has 0 saturated carbocycles. The van der Waals surface area contributed by atoms with Gasteiger partial charge in [-0.15, -0.1) is 0 Å². The zero-order valence-electron chi connectivity index (χ0n) is 15.6.